The lowest BCUT2D eigenvalue weighted by Gasteiger charge is -2.36. The van der Waals surface area contributed by atoms with E-state index in [1.165, 1.54) is 12.1 Å². The van der Waals surface area contributed by atoms with Crippen molar-refractivity contribution in [2.45, 2.75) is 19.4 Å². The summed E-state index contributed by atoms with van der Waals surface area (Å²) in [4.78, 5) is 30.0. The fourth-order valence-electron chi connectivity index (χ4n) is 4.66. The number of ether oxygens (including phenoxy) is 1. The Hall–Kier alpha value is -3.84. The molecule has 0 spiro atoms. The van der Waals surface area contributed by atoms with E-state index in [-0.39, 0.29) is 16.6 Å². The van der Waals surface area contributed by atoms with Crippen LogP contribution in [0.2, 0.25) is 5.02 Å². The van der Waals surface area contributed by atoms with Crippen LogP contribution in [0.15, 0.2) is 60.7 Å². The van der Waals surface area contributed by atoms with Gasteiger partial charge in [-0.15, -0.1) is 0 Å². The van der Waals surface area contributed by atoms with Gasteiger partial charge in [-0.3, -0.25) is 14.9 Å². The van der Waals surface area contributed by atoms with Crippen molar-refractivity contribution >= 4 is 34.1 Å². The summed E-state index contributed by atoms with van der Waals surface area (Å²) in [6.07, 6.45) is 0.645. The minimum Gasteiger partial charge on any atom is -0.497 e. The van der Waals surface area contributed by atoms with Crippen molar-refractivity contribution in [3.8, 4) is 5.75 Å². The Labute approximate surface area is 201 Å². The lowest BCUT2D eigenvalue weighted by atomic mass is 9.91. The first-order valence-corrected chi connectivity index (χ1v) is 11.2. The molecule has 7 nitrogen and oxygen atoms in total. The minimum atomic E-state index is -0.535. The molecule has 1 aromatic heterocycles. The fourth-order valence-corrected chi connectivity index (χ4v) is 4.85. The van der Waals surface area contributed by atoms with Gasteiger partial charge in [-0.25, -0.2) is 0 Å². The lowest BCUT2D eigenvalue weighted by molar-refractivity contribution is -0.384. The second-order valence-electron chi connectivity index (χ2n) is 8.41. The molecule has 5 rings (SSSR count). The van der Waals surface area contributed by atoms with Crippen LogP contribution < -0.4 is 4.74 Å². The number of H-pyrrole nitrogens is 1. The Balaban J connectivity index is 1.69. The Morgan fingerprint density at radius 3 is 2.62 bits per heavy atom. The van der Waals surface area contributed by atoms with E-state index in [2.05, 4.69) is 4.98 Å². The number of benzene rings is 3. The number of nitro groups is 1. The maximum absolute atomic E-state index is 13.6. The molecule has 0 aliphatic carbocycles. The highest BCUT2D eigenvalue weighted by Gasteiger charge is 2.36. The molecule has 0 saturated carbocycles. The van der Waals surface area contributed by atoms with Gasteiger partial charge in [-0.05, 0) is 60.9 Å². The number of nitrogens with zero attached hydrogens (tertiary/aromatic N) is 2. The average Bonchev–Trinajstić information content (AvgIpc) is 3.21. The molecule has 0 bridgehead atoms. The third-order valence-electron chi connectivity index (χ3n) is 6.38. The van der Waals surface area contributed by atoms with Crippen LogP contribution in [-0.2, 0) is 6.42 Å². The smallest absolute Gasteiger partial charge is 0.288 e. The van der Waals surface area contributed by atoms with Gasteiger partial charge >= 0.3 is 0 Å². The average molecular weight is 476 g/mol. The molecule has 1 aliphatic rings. The topological polar surface area (TPSA) is 88.5 Å². The van der Waals surface area contributed by atoms with Crippen molar-refractivity contribution in [1.82, 2.24) is 9.88 Å². The number of halogens is 1. The minimum absolute atomic E-state index is 0.0579. The number of aryl methyl sites for hydroxylation is 1. The largest absolute Gasteiger partial charge is 0.497 e. The Morgan fingerprint density at radius 1 is 1.15 bits per heavy atom. The molecule has 1 atom stereocenters. The van der Waals surface area contributed by atoms with Gasteiger partial charge in [0.1, 0.15) is 10.8 Å². The highest BCUT2D eigenvalue weighted by Crippen LogP contribution is 2.41. The Kier molecular flexibility index (Phi) is 5.49. The van der Waals surface area contributed by atoms with Gasteiger partial charge in [0.2, 0.25) is 0 Å². The van der Waals surface area contributed by atoms with Crippen molar-refractivity contribution in [1.29, 1.82) is 0 Å². The van der Waals surface area contributed by atoms with Crippen LogP contribution >= 0.6 is 11.6 Å². The van der Waals surface area contributed by atoms with E-state index in [0.717, 1.165) is 33.5 Å². The number of rotatable bonds is 4. The normalized spacial score (nSPS) is 15.3. The van der Waals surface area contributed by atoms with Crippen molar-refractivity contribution in [2.75, 3.05) is 13.7 Å². The zero-order valence-corrected chi connectivity index (χ0v) is 19.4. The van der Waals surface area contributed by atoms with Gasteiger partial charge in [0, 0.05) is 34.8 Å². The first-order valence-electron chi connectivity index (χ1n) is 10.9. The second-order valence-corrected chi connectivity index (χ2v) is 8.82. The third-order valence-corrected chi connectivity index (χ3v) is 6.70. The number of amides is 1. The number of methoxy groups -OCH3 is 1. The van der Waals surface area contributed by atoms with E-state index in [1.54, 1.807) is 18.1 Å². The monoisotopic (exact) mass is 475 g/mol. The highest BCUT2D eigenvalue weighted by atomic mass is 35.5. The number of nitro benzene ring substituents is 1. The molecule has 1 aliphatic heterocycles. The van der Waals surface area contributed by atoms with Gasteiger partial charge in [-0.1, -0.05) is 35.4 Å². The van der Waals surface area contributed by atoms with E-state index < -0.39 is 11.0 Å². The summed E-state index contributed by atoms with van der Waals surface area (Å²) in [5.41, 5.74) is 4.90. The van der Waals surface area contributed by atoms with Crippen LogP contribution in [0, 0.1) is 17.0 Å². The summed E-state index contributed by atoms with van der Waals surface area (Å²) in [6.45, 7) is 2.43. The van der Waals surface area contributed by atoms with Crippen LogP contribution in [0.25, 0.3) is 10.9 Å². The number of aromatic amines is 1. The van der Waals surface area contributed by atoms with Gasteiger partial charge < -0.3 is 14.6 Å². The SMILES string of the molecule is COc1ccc2[nH]c3c(c2c1)CCN(C(=O)c1ccc(C)cc1)C3c1ccc(Cl)c([N+](=O)[O-])c1. The molecule has 0 fully saturated rings. The van der Waals surface area contributed by atoms with Crippen molar-refractivity contribution < 1.29 is 14.5 Å². The molecule has 0 radical (unpaired) electrons. The van der Waals surface area contributed by atoms with Crippen molar-refractivity contribution in [3.05, 3.63) is 104 Å². The van der Waals surface area contributed by atoms with Crippen molar-refractivity contribution in [2.24, 2.45) is 0 Å². The van der Waals surface area contributed by atoms with Gasteiger partial charge in [0.25, 0.3) is 11.6 Å². The second kappa shape index (κ2) is 8.50. The summed E-state index contributed by atoms with van der Waals surface area (Å²) < 4.78 is 5.41. The van der Waals surface area contributed by atoms with E-state index >= 15 is 0 Å². The molecular formula is C26H22ClN3O4. The Morgan fingerprint density at radius 2 is 1.91 bits per heavy atom. The van der Waals surface area contributed by atoms with Crippen LogP contribution in [-0.4, -0.2) is 34.4 Å². The number of carbonyl (C=O) groups is 1. The van der Waals surface area contributed by atoms with Crippen LogP contribution in [0.5, 0.6) is 5.75 Å². The predicted octanol–water partition coefficient (Wildman–Crippen LogP) is 5.83. The number of hydrogen-bond acceptors (Lipinski definition) is 4. The number of aromatic nitrogens is 1. The molecule has 172 valence electrons. The predicted molar refractivity (Wildman–Crippen MR) is 131 cm³/mol. The molecular weight excluding hydrogens is 454 g/mol. The quantitative estimate of drug-likeness (QED) is 0.297. The van der Waals surface area contributed by atoms with Crippen LogP contribution in [0.1, 0.15) is 38.8 Å². The molecule has 1 N–H and O–H groups in total. The van der Waals surface area contributed by atoms with E-state index in [9.17, 15) is 14.9 Å². The zero-order chi connectivity index (χ0) is 24.0. The fraction of sp³-hybridized carbons (Fsp3) is 0.192. The molecule has 8 heteroatoms. The maximum Gasteiger partial charge on any atom is 0.288 e. The maximum atomic E-state index is 13.6. The molecule has 3 aromatic carbocycles. The summed E-state index contributed by atoms with van der Waals surface area (Å²) in [5, 5.41) is 12.7. The summed E-state index contributed by atoms with van der Waals surface area (Å²) >= 11 is 6.09. The first-order chi connectivity index (χ1) is 16.4. The van der Waals surface area contributed by atoms with E-state index in [0.29, 0.717) is 24.1 Å². The first kappa shape index (κ1) is 22.0. The molecule has 2 heterocycles. The summed E-state index contributed by atoms with van der Waals surface area (Å²) in [6, 6.07) is 17.4. The standard InChI is InChI=1S/C26H22ClN3O4/c1-15-3-5-16(6-4-15)26(31)29-12-11-19-20-14-18(34-2)8-10-22(20)28-24(19)25(29)17-7-9-21(27)23(13-17)30(32)33/h3-10,13-14,25,28H,11-12H2,1-2H3. The number of nitrogens with one attached hydrogen (secondary N) is 1. The molecule has 1 unspecified atom stereocenters. The molecule has 34 heavy (non-hydrogen) atoms. The van der Waals surface area contributed by atoms with E-state index in [1.807, 2.05) is 49.4 Å². The van der Waals surface area contributed by atoms with Crippen molar-refractivity contribution in [3.63, 3.8) is 0 Å². The van der Waals surface area contributed by atoms with E-state index in [4.69, 9.17) is 16.3 Å². The third kappa shape index (κ3) is 3.68. The molecule has 1 amide bonds. The zero-order valence-electron chi connectivity index (χ0n) is 18.7. The molecule has 0 saturated heterocycles. The number of fused-ring (bicyclic) bond motifs is 3. The Bertz CT molecular complexity index is 1430. The summed E-state index contributed by atoms with van der Waals surface area (Å²) in [7, 11) is 1.62. The number of hydrogen-bond donors (Lipinski definition) is 1. The lowest BCUT2D eigenvalue weighted by Crippen LogP contribution is -2.40. The van der Waals surface area contributed by atoms with Gasteiger partial charge in [0.05, 0.1) is 18.1 Å². The van der Waals surface area contributed by atoms with Crippen LogP contribution in [0.4, 0.5) is 5.69 Å². The van der Waals surface area contributed by atoms with Gasteiger partial charge in [0.15, 0.2) is 0 Å². The summed E-state index contributed by atoms with van der Waals surface area (Å²) in [5.74, 6) is 0.607. The van der Waals surface area contributed by atoms with Crippen LogP contribution in [0.3, 0.4) is 0 Å². The van der Waals surface area contributed by atoms with Gasteiger partial charge in [-0.2, -0.15) is 0 Å². The highest BCUT2D eigenvalue weighted by molar-refractivity contribution is 6.32. The molecule has 4 aromatic rings. The number of carbonyl (C=O) groups excluding carboxylic acids is 1.